The van der Waals surface area contributed by atoms with Gasteiger partial charge in [-0.25, -0.2) is 0 Å². The normalized spacial score (nSPS) is 10.2. The molecule has 2 rings (SSSR count). The van der Waals surface area contributed by atoms with Crippen LogP contribution in [0, 0.1) is 24.0 Å². The number of benzene rings is 2. The summed E-state index contributed by atoms with van der Waals surface area (Å²) in [7, 11) is 0. The Kier molecular flexibility index (Phi) is 4.37. The third kappa shape index (κ3) is 3.66. The lowest BCUT2D eigenvalue weighted by Crippen LogP contribution is -2.13. The number of non-ortho nitro benzene ring substituents is 1. The first-order chi connectivity index (χ1) is 9.86. The summed E-state index contributed by atoms with van der Waals surface area (Å²) in [6.07, 6.45) is 0. The highest BCUT2D eigenvalue weighted by molar-refractivity contribution is 9.10. The van der Waals surface area contributed by atoms with Gasteiger partial charge in [0.1, 0.15) is 0 Å². The van der Waals surface area contributed by atoms with Crippen molar-refractivity contribution in [3.05, 3.63) is 67.7 Å². The molecule has 1 N–H and O–H groups in total. The van der Waals surface area contributed by atoms with Gasteiger partial charge in [0.25, 0.3) is 11.6 Å². The van der Waals surface area contributed by atoms with Gasteiger partial charge in [0, 0.05) is 22.2 Å². The fourth-order valence-electron chi connectivity index (χ4n) is 1.92. The van der Waals surface area contributed by atoms with E-state index in [1.165, 1.54) is 12.1 Å². The molecular weight excluding hydrogens is 336 g/mol. The van der Waals surface area contributed by atoms with Crippen LogP contribution in [0.15, 0.2) is 40.9 Å². The number of aryl methyl sites for hydroxylation is 2. The molecule has 0 aliphatic carbocycles. The zero-order chi connectivity index (χ0) is 15.6. The molecule has 0 saturated heterocycles. The van der Waals surface area contributed by atoms with Gasteiger partial charge in [-0.05, 0) is 43.2 Å². The van der Waals surface area contributed by atoms with Gasteiger partial charge >= 0.3 is 0 Å². The number of hydrogen-bond donors (Lipinski definition) is 1. The van der Waals surface area contributed by atoms with Crippen molar-refractivity contribution in [2.24, 2.45) is 0 Å². The molecule has 0 aromatic heterocycles. The smallest absolute Gasteiger partial charge is 0.271 e. The summed E-state index contributed by atoms with van der Waals surface area (Å²) < 4.78 is 0.809. The van der Waals surface area contributed by atoms with Crippen molar-refractivity contribution in [3.63, 3.8) is 0 Å². The number of carbonyl (C=O) groups excluding carboxylic acids is 1. The fraction of sp³-hybridized carbons (Fsp3) is 0.133. The predicted molar refractivity (Wildman–Crippen MR) is 84.7 cm³/mol. The minimum Gasteiger partial charge on any atom is -0.321 e. The topological polar surface area (TPSA) is 72.2 Å². The largest absolute Gasteiger partial charge is 0.321 e. The number of carbonyl (C=O) groups is 1. The number of hydrogen-bond acceptors (Lipinski definition) is 3. The van der Waals surface area contributed by atoms with Crippen molar-refractivity contribution in [2.45, 2.75) is 13.8 Å². The maximum Gasteiger partial charge on any atom is 0.271 e. The van der Waals surface area contributed by atoms with E-state index in [2.05, 4.69) is 21.2 Å². The summed E-state index contributed by atoms with van der Waals surface area (Å²) in [4.78, 5) is 22.6. The second kappa shape index (κ2) is 6.05. The number of nitrogens with one attached hydrogen (secondary N) is 1. The lowest BCUT2D eigenvalue weighted by atomic mass is 10.1. The van der Waals surface area contributed by atoms with Crippen LogP contribution < -0.4 is 5.32 Å². The van der Waals surface area contributed by atoms with Crippen LogP contribution in [0.5, 0.6) is 0 Å². The van der Waals surface area contributed by atoms with Crippen molar-refractivity contribution < 1.29 is 9.72 Å². The van der Waals surface area contributed by atoms with E-state index in [-0.39, 0.29) is 11.6 Å². The summed E-state index contributed by atoms with van der Waals surface area (Å²) in [6, 6.07) is 9.74. The monoisotopic (exact) mass is 348 g/mol. The highest BCUT2D eigenvalue weighted by Crippen LogP contribution is 2.23. The molecule has 0 bridgehead atoms. The number of anilines is 1. The molecule has 6 heteroatoms. The highest BCUT2D eigenvalue weighted by Gasteiger charge is 2.13. The van der Waals surface area contributed by atoms with Crippen molar-refractivity contribution in [3.8, 4) is 0 Å². The van der Waals surface area contributed by atoms with Crippen LogP contribution in [-0.4, -0.2) is 10.8 Å². The standard InChI is InChI=1S/C15H13BrN2O3/c1-9-5-11(7-12(16)6-9)15(19)17-14-8-13(18(20)21)4-3-10(14)2/h3-8H,1-2H3,(H,17,19). The molecule has 5 nitrogen and oxygen atoms in total. The van der Waals surface area contributed by atoms with Crippen molar-refractivity contribution in [2.75, 3.05) is 5.32 Å². The van der Waals surface area contributed by atoms with E-state index in [4.69, 9.17) is 0 Å². The first-order valence-electron chi connectivity index (χ1n) is 6.20. The molecule has 0 heterocycles. The third-order valence-electron chi connectivity index (χ3n) is 2.98. The molecule has 0 saturated carbocycles. The van der Waals surface area contributed by atoms with Gasteiger partial charge in [0.15, 0.2) is 0 Å². The van der Waals surface area contributed by atoms with Crippen LogP contribution in [-0.2, 0) is 0 Å². The third-order valence-corrected chi connectivity index (χ3v) is 3.44. The SMILES string of the molecule is Cc1cc(Br)cc(C(=O)Nc2cc([N+](=O)[O-])ccc2C)c1. The second-order valence-corrected chi connectivity index (χ2v) is 5.64. The van der Waals surface area contributed by atoms with E-state index in [1.807, 2.05) is 13.0 Å². The lowest BCUT2D eigenvalue weighted by Gasteiger charge is -2.09. The van der Waals surface area contributed by atoms with Crippen LogP contribution in [0.2, 0.25) is 0 Å². The van der Waals surface area contributed by atoms with E-state index >= 15 is 0 Å². The molecule has 108 valence electrons. The van der Waals surface area contributed by atoms with E-state index in [9.17, 15) is 14.9 Å². The van der Waals surface area contributed by atoms with Gasteiger partial charge < -0.3 is 5.32 Å². The first kappa shape index (κ1) is 15.2. The Hall–Kier alpha value is -2.21. The number of amides is 1. The van der Waals surface area contributed by atoms with Gasteiger partial charge in [0.05, 0.1) is 10.6 Å². The zero-order valence-electron chi connectivity index (χ0n) is 11.5. The minimum atomic E-state index is -0.488. The molecule has 0 aliphatic rings. The Morgan fingerprint density at radius 3 is 2.52 bits per heavy atom. The molecule has 2 aromatic rings. The van der Waals surface area contributed by atoms with Crippen LogP contribution in [0.25, 0.3) is 0 Å². The molecule has 0 spiro atoms. The molecular formula is C15H13BrN2O3. The van der Waals surface area contributed by atoms with Crippen molar-refractivity contribution in [1.82, 2.24) is 0 Å². The van der Waals surface area contributed by atoms with Crippen LogP contribution >= 0.6 is 15.9 Å². The number of nitro benzene ring substituents is 1. The van der Waals surface area contributed by atoms with Gasteiger partial charge in [-0.2, -0.15) is 0 Å². The first-order valence-corrected chi connectivity index (χ1v) is 6.99. The van der Waals surface area contributed by atoms with E-state index < -0.39 is 4.92 Å². The van der Waals surface area contributed by atoms with Gasteiger partial charge in [-0.15, -0.1) is 0 Å². The maximum absolute atomic E-state index is 12.3. The fourth-order valence-corrected chi connectivity index (χ4v) is 2.53. The van der Waals surface area contributed by atoms with Crippen molar-refractivity contribution >= 4 is 33.2 Å². The minimum absolute atomic E-state index is 0.0543. The Morgan fingerprint density at radius 2 is 1.90 bits per heavy atom. The predicted octanol–water partition coefficient (Wildman–Crippen LogP) is 4.23. The van der Waals surface area contributed by atoms with Crippen LogP contribution in [0.1, 0.15) is 21.5 Å². The Balaban J connectivity index is 2.31. The Labute approximate surface area is 130 Å². The molecule has 0 aliphatic heterocycles. The number of halogens is 1. The van der Waals surface area contributed by atoms with Gasteiger partial charge in [-0.3, -0.25) is 14.9 Å². The van der Waals surface area contributed by atoms with Gasteiger partial charge in [-0.1, -0.05) is 22.0 Å². The second-order valence-electron chi connectivity index (χ2n) is 4.73. The molecule has 1 amide bonds. The highest BCUT2D eigenvalue weighted by atomic mass is 79.9. The van der Waals surface area contributed by atoms with Crippen molar-refractivity contribution in [1.29, 1.82) is 0 Å². The van der Waals surface area contributed by atoms with Gasteiger partial charge in [0.2, 0.25) is 0 Å². The quantitative estimate of drug-likeness (QED) is 0.666. The van der Waals surface area contributed by atoms with E-state index in [1.54, 1.807) is 25.1 Å². The number of rotatable bonds is 3. The Bertz CT molecular complexity index is 709. The maximum atomic E-state index is 12.3. The molecule has 0 atom stereocenters. The molecule has 0 fully saturated rings. The zero-order valence-corrected chi connectivity index (χ0v) is 13.1. The van der Waals surface area contributed by atoms with E-state index in [0.717, 1.165) is 15.6 Å². The molecule has 0 radical (unpaired) electrons. The number of nitrogens with zero attached hydrogens (tertiary/aromatic N) is 1. The molecule has 0 unspecified atom stereocenters. The average molecular weight is 349 g/mol. The van der Waals surface area contributed by atoms with Crippen LogP contribution in [0.4, 0.5) is 11.4 Å². The number of nitro groups is 1. The van der Waals surface area contributed by atoms with E-state index in [0.29, 0.717) is 11.3 Å². The molecule has 21 heavy (non-hydrogen) atoms. The summed E-state index contributed by atoms with van der Waals surface area (Å²) >= 11 is 3.34. The summed E-state index contributed by atoms with van der Waals surface area (Å²) in [5, 5.41) is 13.5. The average Bonchev–Trinajstić information content (AvgIpc) is 2.39. The van der Waals surface area contributed by atoms with Crippen LogP contribution in [0.3, 0.4) is 0 Å². The lowest BCUT2D eigenvalue weighted by molar-refractivity contribution is -0.384. The summed E-state index contributed by atoms with van der Waals surface area (Å²) in [5.74, 6) is -0.303. The molecule has 2 aromatic carbocycles. The summed E-state index contributed by atoms with van der Waals surface area (Å²) in [5.41, 5.74) is 2.59. The summed E-state index contributed by atoms with van der Waals surface area (Å²) in [6.45, 7) is 3.67. The Morgan fingerprint density at radius 1 is 1.19 bits per heavy atom.